The molecule has 0 unspecified atom stereocenters. The Hall–Kier alpha value is -2.34. The van der Waals surface area contributed by atoms with Crippen molar-refractivity contribution in [3.05, 3.63) is 53.2 Å². The molecule has 0 radical (unpaired) electrons. The predicted molar refractivity (Wildman–Crippen MR) is 77.5 cm³/mol. The number of hydrogen-bond donors (Lipinski definition) is 0. The van der Waals surface area contributed by atoms with Crippen LogP contribution in [0.15, 0.2) is 36.4 Å². The van der Waals surface area contributed by atoms with Crippen molar-refractivity contribution in [2.45, 2.75) is 20.8 Å². The highest BCUT2D eigenvalue weighted by atomic mass is 15.2. The predicted octanol–water partition coefficient (Wildman–Crippen LogP) is 3.73. The van der Waals surface area contributed by atoms with E-state index in [-0.39, 0.29) is 0 Å². The molecule has 1 aromatic heterocycles. The second-order valence-corrected chi connectivity index (χ2v) is 4.55. The van der Waals surface area contributed by atoms with Crippen LogP contribution in [0.2, 0.25) is 0 Å². The Balaban J connectivity index is 2.48. The molecule has 1 aromatic carbocycles. The second-order valence-electron chi connectivity index (χ2n) is 4.55. The fourth-order valence-corrected chi connectivity index (χ4v) is 2.13. The Morgan fingerprint density at radius 1 is 1.21 bits per heavy atom. The lowest BCUT2D eigenvalue weighted by atomic mass is 10.2. The average molecular weight is 251 g/mol. The first-order valence-corrected chi connectivity index (χ1v) is 6.37. The van der Waals surface area contributed by atoms with E-state index >= 15 is 0 Å². The van der Waals surface area contributed by atoms with Gasteiger partial charge in [0.25, 0.3) is 0 Å². The molecule has 0 aliphatic rings. The fraction of sp³-hybridized carbons (Fsp3) is 0.250. The highest BCUT2D eigenvalue weighted by Gasteiger charge is 2.10. The Morgan fingerprint density at radius 2 is 2.00 bits per heavy atom. The van der Waals surface area contributed by atoms with E-state index in [4.69, 9.17) is 5.26 Å². The van der Waals surface area contributed by atoms with Crippen molar-refractivity contribution < 1.29 is 0 Å². The molecule has 0 aliphatic carbocycles. The average Bonchev–Trinajstić information content (AvgIpc) is 2.39. The van der Waals surface area contributed by atoms with Gasteiger partial charge < -0.3 is 4.90 Å². The minimum atomic E-state index is 0.647. The van der Waals surface area contributed by atoms with E-state index in [9.17, 15) is 0 Å². The van der Waals surface area contributed by atoms with Crippen LogP contribution in [0.25, 0.3) is 0 Å². The maximum absolute atomic E-state index is 9.06. The summed E-state index contributed by atoms with van der Waals surface area (Å²) in [4.78, 5) is 6.65. The maximum atomic E-state index is 9.06. The van der Waals surface area contributed by atoms with Gasteiger partial charge in [0, 0.05) is 17.9 Å². The number of benzene rings is 1. The molecule has 0 N–H and O–H groups in total. The van der Waals surface area contributed by atoms with Crippen LogP contribution in [0, 0.1) is 25.2 Å². The third-order valence-corrected chi connectivity index (χ3v) is 2.98. The van der Waals surface area contributed by atoms with E-state index in [0.717, 1.165) is 23.7 Å². The van der Waals surface area contributed by atoms with Crippen molar-refractivity contribution in [3.63, 3.8) is 0 Å². The van der Waals surface area contributed by atoms with Crippen molar-refractivity contribution in [1.82, 2.24) is 4.98 Å². The Labute approximate surface area is 114 Å². The third kappa shape index (κ3) is 2.92. The summed E-state index contributed by atoms with van der Waals surface area (Å²) >= 11 is 0. The molecule has 2 rings (SSSR count). The number of aromatic nitrogens is 1. The summed E-state index contributed by atoms with van der Waals surface area (Å²) in [5.41, 5.74) is 3.82. The molecule has 2 aromatic rings. The molecule has 0 bridgehead atoms. The standard InChI is InChI=1S/C16H17N3/c1-4-19(15-7-5-6-12(2)8-15)16-10-14(11-17)9-13(3)18-16/h5-10H,4H2,1-3H3. The minimum Gasteiger partial charge on any atom is -0.327 e. The number of anilines is 2. The number of hydrogen-bond acceptors (Lipinski definition) is 3. The number of rotatable bonds is 3. The van der Waals surface area contributed by atoms with Crippen molar-refractivity contribution in [2.24, 2.45) is 0 Å². The van der Waals surface area contributed by atoms with E-state index in [1.54, 1.807) is 6.07 Å². The molecule has 19 heavy (non-hydrogen) atoms. The number of aryl methyl sites for hydroxylation is 2. The van der Waals surface area contributed by atoms with Gasteiger partial charge in [0.05, 0.1) is 11.6 Å². The van der Waals surface area contributed by atoms with Crippen LogP contribution in [0.3, 0.4) is 0 Å². The molecule has 0 amide bonds. The van der Waals surface area contributed by atoms with Crippen LogP contribution in [0.1, 0.15) is 23.7 Å². The normalized spacial score (nSPS) is 10.0. The van der Waals surface area contributed by atoms with Crippen molar-refractivity contribution in [1.29, 1.82) is 5.26 Å². The number of pyridine rings is 1. The number of nitrogens with zero attached hydrogens (tertiary/aromatic N) is 3. The molecule has 0 saturated carbocycles. The van der Waals surface area contributed by atoms with Gasteiger partial charge >= 0.3 is 0 Å². The first-order chi connectivity index (χ1) is 9.13. The van der Waals surface area contributed by atoms with Crippen molar-refractivity contribution in [2.75, 3.05) is 11.4 Å². The lowest BCUT2D eigenvalue weighted by molar-refractivity contribution is 0.976. The first kappa shape index (κ1) is 13.1. The summed E-state index contributed by atoms with van der Waals surface area (Å²) in [6.45, 7) is 6.87. The molecule has 0 spiro atoms. The second kappa shape index (κ2) is 5.53. The molecule has 96 valence electrons. The summed E-state index contributed by atoms with van der Waals surface area (Å²) < 4.78 is 0. The van der Waals surface area contributed by atoms with Crippen molar-refractivity contribution >= 4 is 11.5 Å². The van der Waals surface area contributed by atoms with E-state index < -0.39 is 0 Å². The van der Waals surface area contributed by atoms with Gasteiger partial charge in [-0.05, 0) is 50.6 Å². The van der Waals surface area contributed by atoms with Crippen LogP contribution in [0.4, 0.5) is 11.5 Å². The highest BCUT2D eigenvalue weighted by Crippen LogP contribution is 2.25. The molecular weight excluding hydrogens is 234 g/mol. The molecule has 0 atom stereocenters. The van der Waals surface area contributed by atoms with E-state index in [1.165, 1.54) is 5.56 Å². The largest absolute Gasteiger partial charge is 0.327 e. The summed E-state index contributed by atoms with van der Waals surface area (Å²) in [5.74, 6) is 0.824. The minimum absolute atomic E-state index is 0.647. The van der Waals surface area contributed by atoms with Crippen LogP contribution >= 0.6 is 0 Å². The lowest BCUT2D eigenvalue weighted by Crippen LogP contribution is -2.18. The Bertz CT molecular complexity index is 626. The molecule has 3 nitrogen and oxygen atoms in total. The fourth-order valence-electron chi connectivity index (χ4n) is 2.13. The molecule has 3 heteroatoms. The van der Waals surface area contributed by atoms with Crippen LogP contribution < -0.4 is 4.90 Å². The van der Waals surface area contributed by atoms with Crippen LogP contribution in [0.5, 0.6) is 0 Å². The maximum Gasteiger partial charge on any atom is 0.134 e. The number of nitriles is 1. The van der Waals surface area contributed by atoms with Gasteiger partial charge in [0.1, 0.15) is 5.82 Å². The molecule has 0 aliphatic heterocycles. The van der Waals surface area contributed by atoms with Crippen molar-refractivity contribution in [3.8, 4) is 6.07 Å². The van der Waals surface area contributed by atoms with Gasteiger partial charge in [-0.25, -0.2) is 4.98 Å². The molecule has 0 fully saturated rings. The molecular formula is C16H17N3. The topological polar surface area (TPSA) is 39.9 Å². The SMILES string of the molecule is CCN(c1cccc(C)c1)c1cc(C#N)cc(C)n1. The van der Waals surface area contributed by atoms with E-state index in [0.29, 0.717) is 5.56 Å². The van der Waals surface area contributed by atoms with Gasteiger partial charge in [-0.1, -0.05) is 12.1 Å². The van der Waals surface area contributed by atoms with Gasteiger partial charge in [-0.15, -0.1) is 0 Å². The smallest absolute Gasteiger partial charge is 0.134 e. The summed E-state index contributed by atoms with van der Waals surface area (Å²) in [5, 5.41) is 9.06. The summed E-state index contributed by atoms with van der Waals surface area (Å²) in [7, 11) is 0. The van der Waals surface area contributed by atoms with E-state index in [2.05, 4.69) is 48.0 Å². The lowest BCUT2D eigenvalue weighted by Gasteiger charge is -2.23. The molecule has 1 heterocycles. The van der Waals surface area contributed by atoms with Crippen LogP contribution in [-0.4, -0.2) is 11.5 Å². The van der Waals surface area contributed by atoms with Gasteiger partial charge in [-0.3, -0.25) is 0 Å². The zero-order valence-electron chi connectivity index (χ0n) is 11.5. The van der Waals surface area contributed by atoms with E-state index in [1.807, 2.05) is 19.1 Å². The van der Waals surface area contributed by atoms with Gasteiger partial charge in [-0.2, -0.15) is 5.26 Å². The zero-order valence-corrected chi connectivity index (χ0v) is 11.5. The monoisotopic (exact) mass is 251 g/mol. The van der Waals surface area contributed by atoms with Gasteiger partial charge in [0.15, 0.2) is 0 Å². The zero-order chi connectivity index (χ0) is 13.8. The quantitative estimate of drug-likeness (QED) is 0.834. The molecule has 0 saturated heterocycles. The van der Waals surface area contributed by atoms with Crippen LogP contribution in [-0.2, 0) is 0 Å². The third-order valence-electron chi connectivity index (χ3n) is 2.98. The van der Waals surface area contributed by atoms with Gasteiger partial charge in [0.2, 0.25) is 0 Å². The summed E-state index contributed by atoms with van der Waals surface area (Å²) in [6, 6.07) is 14.1. The Kier molecular flexibility index (Phi) is 3.82. The first-order valence-electron chi connectivity index (χ1n) is 6.37. The summed E-state index contributed by atoms with van der Waals surface area (Å²) in [6.07, 6.45) is 0. The Morgan fingerprint density at radius 3 is 2.63 bits per heavy atom. The highest BCUT2D eigenvalue weighted by molar-refractivity contribution is 5.62.